The Morgan fingerprint density at radius 3 is 1.74 bits per heavy atom. The van der Waals surface area contributed by atoms with Gasteiger partial charge < -0.3 is 4.74 Å². The van der Waals surface area contributed by atoms with Gasteiger partial charge in [0.2, 0.25) is 5.82 Å². The van der Waals surface area contributed by atoms with Crippen LogP contribution in [0.25, 0.3) is 22.3 Å². The zero-order valence-corrected chi connectivity index (χ0v) is 17.5. The van der Waals surface area contributed by atoms with Crippen molar-refractivity contribution in [2.24, 2.45) is 0 Å². The first-order valence-electron chi connectivity index (χ1n) is 9.94. The van der Waals surface area contributed by atoms with E-state index in [4.69, 9.17) is 0 Å². The molecule has 0 amide bonds. The van der Waals surface area contributed by atoms with Crippen molar-refractivity contribution in [3.63, 3.8) is 0 Å². The number of benzene rings is 4. The molecule has 0 N–H and O–H groups in total. The Bertz CT molecular complexity index is 1320. The van der Waals surface area contributed by atoms with Crippen molar-refractivity contribution in [1.82, 2.24) is 0 Å². The van der Waals surface area contributed by atoms with Crippen molar-refractivity contribution in [3.8, 4) is 28.0 Å². The summed E-state index contributed by atoms with van der Waals surface area (Å²) in [5, 5.41) is 0. The number of hydrogen-bond acceptors (Lipinski definition) is 1. The first-order chi connectivity index (χ1) is 16.1. The normalized spacial score (nSPS) is 11.5. The second-order valence-electron chi connectivity index (χ2n) is 7.56. The molecule has 34 heavy (non-hydrogen) atoms. The fraction of sp³-hybridized carbons (Fsp3) is 0.0769. The first-order valence-corrected chi connectivity index (χ1v) is 9.94. The zero-order chi connectivity index (χ0) is 24.6. The summed E-state index contributed by atoms with van der Waals surface area (Å²) in [7, 11) is 0. The third-order valence-corrected chi connectivity index (χ3v) is 5.19. The van der Waals surface area contributed by atoms with Gasteiger partial charge in [0.05, 0.1) is 5.56 Å². The third kappa shape index (κ3) is 4.48. The molecule has 0 aliphatic heterocycles. The van der Waals surface area contributed by atoms with Crippen LogP contribution >= 0.6 is 0 Å². The van der Waals surface area contributed by atoms with Crippen molar-refractivity contribution in [1.29, 1.82) is 0 Å². The second-order valence-corrected chi connectivity index (χ2v) is 7.56. The van der Waals surface area contributed by atoms with E-state index in [0.717, 1.165) is 42.0 Å². The van der Waals surface area contributed by atoms with Gasteiger partial charge in [-0.3, -0.25) is 0 Å². The van der Waals surface area contributed by atoms with Crippen molar-refractivity contribution >= 4 is 0 Å². The van der Waals surface area contributed by atoms with Crippen LogP contribution in [0.15, 0.2) is 72.8 Å². The van der Waals surface area contributed by atoms with Gasteiger partial charge in [-0.25, -0.2) is 17.6 Å². The fourth-order valence-corrected chi connectivity index (χ4v) is 3.34. The molecule has 0 aromatic heterocycles. The Kier molecular flexibility index (Phi) is 6.08. The maximum atomic E-state index is 14.7. The molecule has 0 fully saturated rings. The summed E-state index contributed by atoms with van der Waals surface area (Å²) in [5.74, 6) is -8.33. The maximum absolute atomic E-state index is 14.7. The van der Waals surface area contributed by atoms with Gasteiger partial charge in [0.25, 0.3) is 0 Å². The molecule has 1 nitrogen and oxygen atoms in total. The lowest BCUT2D eigenvalue weighted by molar-refractivity contribution is -0.187. The van der Waals surface area contributed by atoms with Gasteiger partial charge in [0.1, 0.15) is 0 Å². The van der Waals surface area contributed by atoms with Crippen LogP contribution in [0.5, 0.6) is 5.75 Å². The molecule has 4 rings (SSSR count). The topological polar surface area (TPSA) is 9.23 Å². The van der Waals surface area contributed by atoms with Gasteiger partial charge in [-0.2, -0.15) is 13.2 Å². The predicted octanol–water partition coefficient (Wildman–Crippen LogP) is 8.15. The maximum Gasteiger partial charge on any atom is 0.426 e. The van der Waals surface area contributed by atoms with E-state index >= 15 is 0 Å². The van der Waals surface area contributed by atoms with Crippen LogP contribution in [0.2, 0.25) is 0 Å². The summed E-state index contributed by atoms with van der Waals surface area (Å²) in [6.45, 7) is 1.71. The van der Waals surface area contributed by atoms with E-state index in [2.05, 4.69) is 4.74 Å². The highest BCUT2D eigenvalue weighted by Crippen LogP contribution is 2.36. The predicted molar refractivity (Wildman–Crippen MR) is 113 cm³/mol. The summed E-state index contributed by atoms with van der Waals surface area (Å²) in [5.41, 5.74) is 0.469. The largest absolute Gasteiger partial charge is 0.426 e. The van der Waals surface area contributed by atoms with Crippen molar-refractivity contribution in [2.75, 3.05) is 0 Å². The molecule has 8 heteroatoms. The molecule has 0 saturated heterocycles. The SMILES string of the molecule is Cc1ccc(C(F)(F)Oc2ccc(-c3ccc(-c4cc(F)c(F)c(F)c4)cc3)c(F)c2F)cc1. The first kappa shape index (κ1) is 23.4. The van der Waals surface area contributed by atoms with Crippen LogP contribution in [0.1, 0.15) is 11.1 Å². The summed E-state index contributed by atoms with van der Waals surface area (Å²) < 4.78 is 103. The molecule has 0 bridgehead atoms. The van der Waals surface area contributed by atoms with Gasteiger partial charge in [-0.15, -0.1) is 0 Å². The molecule has 0 heterocycles. The van der Waals surface area contributed by atoms with Crippen molar-refractivity contribution in [2.45, 2.75) is 13.0 Å². The van der Waals surface area contributed by atoms with Crippen molar-refractivity contribution < 1.29 is 35.5 Å². The molecule has 0 radical (unpaired) electrons. The van der Waals surface area contributed by atoms with Gasteiger partial charge in [-0.05, 0) is 60.0 Å². The Labute approximate surface area is 190 Å². The monoisotopic (exact) mass is 476 g/mol. The molecule has 0 spiro atoms. The summed E-state index contributed by atoms with van der Waals surface area (Å²) >= 11 is 0. The molecular weight excluding hydrogens is 461 g/mol. The number of aryl methyl sites for hydroxylation is 1. The lowest BCUT2D eigenvalue weighted by Crippen LogP contribution is -2.22. The average Bonchev–Trinajstić information content (AvgIpc) is 2.81. The van der Waals surface area contributed by atoms with E-state index < -0.39 is 46.5 Å². The highest BCUT2D eigenvalue weighted by molar-refractivity contribution is 5.71. The van der Waals surface area contributed by atoms with Crippen LogP contribution in [0.3, 0.4) is 0 Å². The van der Waals surface area contributed by atoms with Crippen LogP contribution in [0.4, 0.5) is 30.7 Å². The summed E-state index contributed by atoms with van der Waals surface area (Å²) in [4.78, 5) is 0. The van der Waals surface area contributed by atoms with E-state index in [-0.39, 0.29) is 16.7 Å². The lowest BCUT2D eigenvalue weighted by Gasteiger charge is -2.19. The minimum atomic E-state index is -3.90. The minimum absolute atomic E-state index is 0.0386. The minimum Gasteiger partial charge on any atom is -0.426 e. The van der Waals surface area contributed by atoms with Crippen LogP contribution in [-0.4, -0.2) is 0 Å². The van der Waals surface area contributed by atoms with Crippen LogP contribution in [-0.2, 0) is 6.11 Å². The van der Waals surface area contributed by atoms with E-state index in [1.807, 2.05) is 0 Å². The van der Waals surface area contributed by atoms with E-state index in [1.54, 1.807) is 6.92 Å². The number of alkyl halides is 2. The Balaban J connectivity index is 1.61. The Hall–Kier alpha value is -3.81. The zero-order valence-electron chi connectivity index (χ0n) is 17.5. The Morgan fingerprint density at radius 2 is 1.15 bits per heavy atom. The van der Waals surface area contributed by atoms with Gasteiger partial charge >= 0.3 is 6.11 Å². The van der Waals surface area contributed by atoms with Crippen molar-refractivity contribution in [3.05, 3.63) is 113 Å². The molecule has 0 aliphatic carbocycles. The third-order valence-electron chi connectivity index (χ3n) is 5.19. The molecule has 0 unspecified atom stereocenters. The molecule has 4 aromatic rings. The van der Waals surface area contributed by atoms with E-state index in [1.165, 1.54) is 36.4 Å². The highest BCUT2D eigenvalue weighted by atomic mass is 19.3. The smallest absolute Gasteiger partial charge is 0.426 e. The molecule has 4 aromatic carbocycles. The van der Waals surface area contributed by atoms with Crippen LogP contribution in [0, 0.1) is 36.0 Å². The highest BCUT2D eigenvalue weighted by Gasteiger charge is 2.36. The van der Waals surface area contributed by atoms with Gasteiger partial charge in [-0.1, -0.05) is 42.0 Å². The molecule has 0 saturated carbocycles. The summed E-state index contributed by atoms with van der Waals surface area (Å²) in [6, 6.07) is 14.1. The number of hydrogen-bond donors (Lipinski definition) is 0. The van der Waals surface area contributed by atoms with E-state index in [9.17, 15) is 30.7 Å². The van der Waals surface area contributed by atoms with Gasteiger partial charge in [0.15, 0.2) is 29.0 Å². The molecule has 0 atom stereocenters. The molecule has 174 valence electrons. The van der Waals surface area contributed by atoms with Crippen LogP contribution < -0.4 is 4.74 Å². The average molecular weight is 476 g/mol. The molecule has 0 aliphatic rings. The van der Waals surface area contributed by atoms with E-state index in [0.29, 0.717) is 5.56 Å². The molecular formula is C26H15F7O. The second kappa shape index (κ2) is 8.85. The number of rotatable bonds is 5. The lowest BCUT2D eigenvalue weighted by atomic mass is 9.99. The summed E-state index contributed by atoms with van der Waals surface area (Å²) in [6.07, 6.45) is -3.90. The number of halogens is 7. The standard InChI is InChI=1S/C26H15F7O/c1-14-2-8-18(9-3-14)26(32,33)34-22-11-10-19(23(29)25(22)31)16-6-4-15(5-7-16)17-12-20(27)24(30)21(28)13-17/h2-13H,1H3. The quantitative estimate of drug-likeness (QED) is 0.209. The number of ether oxygens (including phenoxy) is 1. The van der Waals surface area contributed by atoms with Gasteiger partial charge in [0, 0.05) is 5.56 Å². The Morgan fingerprint density at radius 1 is 0.588 bits per heavy atom. The fourth-order valence-electron chi connectivity index (χ4n) is 3.34.